The molecule has 0 aromatic carbocycles. The van der Waals surface area contributed by atoms with Gasteiger partial charge in [0, 0.05) is 19.0 Å². The van der Waals surface area contributed by atoms with Crippen molar-refractivity contribution in [3.8, 4) is 0 Å². The van der Waals surface area contributed by atoms with Gasteiger partial charge in [0.25, 0.3) is 5.91 Å². The van der Waals surface area contributed by atoms with Crippen LogP contribution in [0.5, 0.6) is 0 Å². The quantitative estimate of drug-likeness (QED) is 0.693. The Morgan fingerprint density at radius 1 is 1.62 bits per heavy atom. The smallest absolute Gasteiger partial charge is 0.315 e. The van der Waals surface area contributed by atoms with Gasteiger partial charge in [0.2, 0.25) is 0 Å². The summed E-state index contributed by atoms with van der Waals surface area (Å²) in [6.07, 6.45) is -2.90. The Balaban J connectivity index is 2.53. The number of halogens is 2. The zero-order valence-electron chi connectivity index (χ0n) is 7.41. The first-order valence-electron chi connectivity index (χ1n) is 4.31. The van der Waals surface area contributed by atoms with Gasteiger partial charge in [-0.2, -0.15) is 8.78 Å². The molecule has 1 aliphatic rings. The highest BCUT2D eigenvalue weighted by atomic mass is 19.3. The second kappa shape index (κ2) is 4.00. The molecule has 1 N–H and O–H groups in total. The molecule has 1 fully saturated rings. The first-order valence-corrected chi connectivity index (χ1v) is 4.31. The highest BCUT2D eigenvalue weighted by Crippen LogP contribution is 2.21. The molecule has 1 saturated heterocycles. The van der Waals surface area contributed by atoms with E-state index in [2.05, 4.69) is 0 Å². The average molecular weight is 193 g/mol. The number of hydrogen-bond acceptors (Lipinski definition) is 2. The highest BCUT2D eigenvalue weighted by Gasteiger charge is 2.35. The van der Waals surface area contributed by atoms with Crippen molar-refractivity contribution in [1.82, 2.24) is 4.90 Å². The number of alkyl halides is 2. The molecule has 0 spiro atoms. The van der Waals surface area contributed by atoms with Gasteiger partial charge in [-0.1, -0.05) is 6.92 Å². The van der Waals surface area contributed by atoms with E-state index in [1.807, 2.05) is 6.92 Å². The van der Waals surface area contributed by atoms with Crippen LogP contribution in [-0.4, -0.2) is 41.5 Å². The highest BCUT2D eigenvalue weighted by molar-refractivity contribution is 5.79. The van der Waals surface area contributed by atoms with Crippen molar-refractivity contribution >= 4 is 5.91 Å². The Labute approximate surface area is 75.3 Å². The van der Waals surface area contributed by atoms with Crippen molar-refractivity contribution in [3.05, 3.63) is 0 Å². The van der Waals surface area contributed by atoms with Crippen LogP contribution in [0.15, 0.2) is 0 Å². The molecule has 0 saturated carbocycles. The van der Waals surface area contributed by atoms with Gasteiger partial charge >= 0.3 is 6.43 Å². The van der Waals surface area contributed by atoms with Crippen molar-refractivity contribution in [2.75, 3.05) is 13.1 Å². The van der Waals surface area contributed by atoms with Crippen LogP contribution in [0, 0.1) is 5.92 Å². The maximum absolute atomic E-state index is 12.0. The van der Waals surface area contributed by atoms with Crippen molar-refractivity contribution < 1.29 is 18.7 Å². The number of β-amino-alcohol motifs (C(OH)–C–C–N with tert-alkyl or cyclic N) is 1. The summed E-state index contributed by atoms with van der Waals surface area (Å²) >= 11 is 0. The first kappa shape index (κ1) is 10.4. The summed E-state index contributed by atoms with van der Waals surface area (Å²) in [4.78, 5) is 11.8. The van der Waals surface area contributed by atoms with Crippen molar-refractivity contribution in [3.63, 3.8) is 0 Å². The van der Waals surface area contributed by atoms with E-state index in [-0.39, 0.29) is 19.0 Å². The van der Waals surface area contributed by atoms with E-state index < -0.39 is 18.4 Å². The van der Waals surface area contributed by atoms with Gasteiger partial charge < -0.3 is 10.0 Å². The molecule has 0 aliphatic carbocycles. The molecule has 1 aliphatic heterocycles. The van der Waals surface area contributed by atoms with E-state index in [1.54, 1.807) is 0 Å². The fraction of sp³-hybridized carbons (Fsp3) is 0.875. The molecule has 3 nitrogen and oxygen atoms in total. The molecule has 1 rings (SSSR count). The summed E-state index contributed by atoms with van der Waals surface area (Å²) in [5, 5.41) is 9.35. The number of nitrogens with zero attached hydrogens (tertiary/aromatic N) is 1. The number of aliphatic hydroxyl groups is 1. The van der Waals surface area contributed by atoms with Crippen molar-refractivity contribution in [1.29, 1.82) is 0 Å². The minimum absolute atomic E-state index is 0.0433. The summed E-state index contributed by atoms with van der Waals surface area (Å²) < 4.78 is 23.9. The molecule has 76 valence electrons. The molecule has 0 radical (unpaired) electrons. The lowest BCUT2D eigenvalue weighted by molar-refractivity contribution is -0.142. The molecule has 1 heterocycles. The summed E-state index contributed by atoms with van der Waals surface area (Å²) in [5.74, 6) is -1.22. The largest absolute Gasteiger partial charge is 0.391 e. The standard InChI is InChI=1S/C8H13F2NO2/c1-2-5-3-11(4-6(5)12)8(13)7(9)10/h5-7,12H,2-4H2,1H3. The summed E-state index contributed by atoms with van der Waals surface area (Å²) in [6, 6.07) is 0. The predicted molar refractivity (Wildman–Crippen MR) is 42.4 cm³/mol. The number of carbonyl (C=O) groups excluding carboxylic acids is 1. The van der Waals surface area contributed by atoms with Gasteiger partial charge in [-0.3, -0.25) is 4.79 Å². The summed E-state index contributed by atoms with van der Waals surface area (Å²) in [6.45, 7) is 2.16. The van der Waals surface area contributed by atoms with Crippen LogP contribution >= 0.6 is 0 Å². The maximum Gasteiger partial charge on any atom is 0.315 e. The second-order valence-electron chi connectivity index (χ2n) is 3.28. The Hall–Kier alpha value is -0.710. The third kappa shape index (κ3) is 2.15. The fourth-order valence-electron chi connectivity index (χ4n) is 1.57. The second-order valence-corrected chi connectivity index (χ2v) is 3.28. The summed E-state index contributed by atoms with van der Waals surface area (Å²) in [7, 11) is 0. The molecule has 0 bridgehead atoms. The Morgan fingerprint density at radius 2 is 2.23 bits per heavy atom. The van der Waals surface area contributed by atoms with Gasteiger partial charge in [-0.25, -0.2) is 0 Å². The molecular formula is C8H13F2NO2. The third-order valence-corrected chi connectivity index (χ3v) is 2.43. The molecule has 0 aromatic rings. The first-order chi connectivity index (χ1) is 6.06. The lowest BCUT2D eigenvalue weighted by atomic mass is 10.0. The monoisotopic (exact) mass is 193 g/mol. The number of rotatable bonds is 2. The topological polar surface area (TPSA) is 40.5 Å². The van der Waals surface area contributed by atoms with E-state index in [4.69, 9.17) is 0 Å². The molecule has 2 unspecified atom stereocenters. The SMILES string of the molecule is CCC1CN(C(=O)C(F)F)CC1O. The van der Waals surface area contributed by atoms with Crippen LogP contribution in [-0.2, 0) is 4.79 Å². The van der Waals surface area contributed by atoms with Gasteiger partial charge in [0.15, 0.2) is 0 Å². The summed E-state index contributed by atoms with van der Waals surface area (Å²) in [5.41, 5.74) is 0. The van der Waals surface area contributed by atoms with Crippen LogP contribution in [0.2, 0.25) is 0 Å². The number of likely N-dealkylation sites (tertiary alicyclic amines) is 1. The molecular weight excluding hydrogens is 180 g/mol. The average Bonchev–Trinajstić information content (AvgIpc) is 2.45. The zero-order valence-corrected chi connectivity index (χ0v) is 7.41. The number of amides is 1. The Bertz CT molecular complexity index is 199. The number of aliphatic hydroxyl groups excluding tert-OH is 1. The lowest BCUT2D eigenvalue weighted by Gasteiger charge is -2.14. The van der Waals surface area contributed by atoms with Crippen LogP contribution in [0.3, 0.4) is 0 Å². The zero-order chi connectivity index (χ0) is 10.0. The number of carbonyl (C=O) groups is 1. The predicted octanol–water partition coefficient (Wildman–Crippen LogP) is 0.481. The van der Waals surface area contributed by atoms with Crippen LogP contribution in [0.25, 0.3) is 0 Å². The van der Waals surface area contributed by atoms with Crippen molar-refractivity contribution in [2.24, 2.45) is 5.92 Å². The molecule has 2 atom stereocenters. The molecule has 13 heavy (non-hydrogen) atoms. The lowest BCUT2D eigenvalue weighted by Crippen LogP contribution is -2.34. The van der Waals surface area contributed by atoms with Gasteiger partial charge in [-0.05, 0) is 6.42 Å². The third-order valence-electron chi connectivity index (χ3n) is 2.43. The maximum atomic E-state index is 12.0. The van der Waals surface area contributed by atoms with Crippen LogP contribution in [0.4, 0.5) is 8.78 Å². The van der Waals surface area contributed by atoms with Gasteiger partial charge in [0.1, 0.15) is 0 Å². The molecule has 1 amide bonds. The van der Waals surface area contributed by atoms with Gasteiger partial charge in [-0.15, -0.1) is 0 Å². The van der Waals surface area contributed by atoms with Crippen LogP contribution in [0.1, 0.15) is 13.3 Å². The van der Waals surface area contributed by atoms with E-state index in [0.29, 0.717) is 6.42 Å². The van der Waals surface area contributed by atoms with Gasteiger partial charge in [0.05, 0.1) is 6.10 Å². The van der Waals surface area contributed by atoms with Crippen LogP contribution < -0.4 is 0 Å². The Kier molecular flexibility index (Phi) is 3.19. The molecule has 5 heteroatoms. The molecule has 0 aromatic heterocycles. The fourth-order valence-corrected chi connectivity index (χ4v) is 1.57. The van der Waals surface area contributed by atoms with Crippen molar-refractivity contribution in [2.45, 2.75) is 25.9 Å². The minimum atomic E-state index is -2.96. The minimum Gasteiger partial charge on any atom is -0.391 e. The van der Waals surface area contributed by atoms with E-state index >= 15 is 0 Å². The van der Waals surface area contributed by atoms with E-state index in [1.165, 1.54) is 0 Å². The Morgan fingerprint density at radius 3 is 2.62 bits per heavy atom. The van der Waals surface area contributed by atoms with E-state index in [9.17, 15) is 18.7 Å². The normalized spacial score (nSPS) is 28.5. The number of hydrogen-bond donors (Lipinski definition) is 1. The van der Waals surface area contributed by atoms with E-state index in [0.717, 1.165) is 4.90 Å².